The van der Waals surface area contributed by atoms with Crippen molar-refractivity contribution in [2.45, 2.75) is 45.6 Å². The molecule has 5 heteroatoms. The smallest absolute Gasteiger partial charge is 0.245 e. The predicted octanol–water partition coefficient (Wildman–Crippen LogP) is 1.18. The quantitative estimate of drug-likeness (QED) is 0.868. The van der Waals surface area contributed by atoms with E-state index in [0.29, 0.717) is 6.04 Å². The molecule has 2 rings (SSSR count). The fourth-order valence-electron chi connectivity index (χ4n) is 2.46. The summed E-state index contributed by atoms with van der Waals surface area (Å²) in [6, 6.07) is 0.540. The number of likely N-dealkylation sites (N-methyl/N-ethyl adjacent to an activating group) is 1. The molecule has 1 aromatic heterocycles. The van der Waals surface area contributed by atoms with Gasteiger partial charge in [0, 0.05) is 19.1 Å². The second-order valence-corrected chi connectivity index (χ2v) is 4.79. The SMILES string of the molecule is CCc1nnc(N2CCCC(NC)C2)nc1CC. The summed E-state index contributed by atoms with van der Waals surface area (Å²) in [6.45, 7) is 6.24. The number of aromatic nitrogens is 3. The Morgan fingerprint density at radius 1 is 1.22 bits per heavy atom. The van der Waals surface area contributed by atoms with Gasteiger partial charge in [-0.1, -0.05) is 13.8 Å². The molecule has 1 aromatic rings. The lowest BCUT2D eigenvalue weighted by Crippen LogP contribution is -2.45. The van der Waals surface area contributed by atoms with Crippen molar-refractivity contribution < 1.29 is 0 Å². The van der Waals surface area contributed by atoms with Gasteiger partial charge in [-0.05, 0) is 32.7 Å². The van der Waals surface area contributed by atoms with Crippen LogP contribution in [-0.4, -0.2) is 41.4 Å². The summed E-state index contributed by atoms with van der Waals surface area (Å²) in [6.07, 6.45) is 4.25. The Labute approximate surface area is 109 Å². The molecule has 1 aliphatic heterocycles. The summed E-state index contributed by atoms with van der Waals surface area (Å²) >= 11 is 0. The minimum Gasteiger partial charge on any atom is -0.338 e. The molecule has 2 heterocycles. The fourth-order valence-corrected chi connectivity index (χ4v) is 2.46. The molecule has 1 unspecified atom stereocenters. The van der Waals surface area contributed by atoms with Crippen molar-refractivity contribution in [2.24, 2.45) is 0 Å². The summed E-state index contributed by atoms with van der Waals surface area (Å²) in [5.41, 5.74) is 2.12. The topological polar surface area (TPSA) is 53.9 Å². The van der Waals surface area contributed by atoms with Gasteiger partial charge in [0.25, 0.3) is 0 Å². The average molecular weight is 249 g/mol. The Morgan fingerprint density at radius 3 is 2.67 bits per heavy atom. The number of anilines is 1. The first-order valence-electron chi connectivity index (χ1n) is 6.93. The number of hydrogen-bond acceptors (Lipinski definition) is 5. The zero-order valence-electron chi connectivity index (χ0n) is 11.6. The molecular weight excluding hydrogens is 226 g/mol. The molecule has 0 bridgehead atoms. The standard InChI is InChI=1S/C13H23N5/c1-4-11-12(5-2)16-17-13(15-11)18-8-6-7-10(9-18)14-3/h10,14H,4-9H2,1-3H3. The maximum Gasteiger partial charge on any atom is 0.245 e. The zero-order chi connectivity index (χ0) is 13.0. The van der Waals surface area contributed by atoms with E-state index in [2.05, 4.69) is 39.2 Å². The van der Waals surface area contributed by atoms with E-state index in [4.69, 9.17) is 0 Å². The highest BCUT2D eigenvalue weighted by molar-refractivity contribution is 5.31. The van der Waals surface area contributed by atoms with Gasteiger partial charge in [0.05, 0.1) is 11.4 Å². The molecule has 0 aromatic carbocycles. The van der Waals surface area contributed by atoms with E-state index < -0.39 is 0 Å². The van der Waals surface area contributed by atoms with Gasteiger partial charge in [0.2, 0.25) is 5.95 Å². The first-order valence-corrected chi connectivity index (χ1v) is 6.93. The van der Waals surface area contributed by atoms with Crippen LogP contribution >= 0.6 is 0 Å². The molecule has 0 amide bonds. The maximum atomic E-state index is 4.68. The third kappa shape index (κ3) is 2.77. The Morgan fingerprint density at radius 2 is 2.00 bits per heavy atom. The number of nitrogens with one attached hydrogen (secondary N) is 1. The minimum atomic E-state index is 0.540. The average Bonchev–Trinajstić information content (AvgIpc) is 2.46. The van der Waals surface area contributed by atoms with Crippen LogP contribution in [0, 0.1) is 0 Å². The van der Waals surface area contributed by atoms with Crippen LogP contribution in [0.1, 0.15) is 38.1 Å². The second-order valence-electron chi connectivity index (χ2n) is 4.79. The van der Waals surface area contributed by atoms with Crippen molar-refractivity contribution in [1.82, 2.24) is 20.5 Å². The molecule has 5 nitrogen and oxygen atoms in total. The molecule has 0 aliphatic carbocycles. The first kappa shape index (κ1) is 13.2. The summed E-state index contributed by atoms with van der Waals surface area (Å²) in [5.74, 6) is 0.795. The number of piperidine rings is 1. The molecule has 1 atom stereocenters. The van der Waals surface area contributed by atoms with Gasteiger partial charge in [-0.2, -0.15) is 5.10 Å². The highest BCUT2D eigenvalue weighted by atomic mass is 15.3. The minimum absolute atomic E-state index is 0.540. The first-order chi connectivity index (χ1) is 8.78. The van der Waals surface area contributed by atoms with Crippen molar-refractivity contribution in [3.63, 3.8) is 0 Å². The Hall–Kier alpha value is -1.23. The maximum absolute atomic E-state index is 4.68. The van der Waals surface area contributed by atoms with Crippen LogP contribution in [0.4, 0.5) is 5.95 Å². The normalized spacial score (nSPS) is 20.2. The number of aryl methyl sites for hydroxylation is 2. The molecule has 18 heavy (non-hydrogen) atoms. The van der Waals surface area contributed by atoms with E-state index in [-0.39, 0.29) is 0 Å². The van der Waals surface area contributed by atoms with Crippen LogP contribution in [0.25, 0.3) is 0 Å². The Balaban J connectivity index is 2.17. The summed E-state index contributed by atoms with van der Waals surface area (Å²) in [4.78, 5) is 6.93. The summed E-state index contributed by atoms with van der Waals surface area (Å²) < 4.78 is 0. The lowest BCUT2D eigenvalue weighted by molar-refractivity contribution is 0.443. The van der Waals surface area contributed by atoms with Gasteiger partial charge in [-0.25, -0.2) is 4.98 Å². The number of nitrogens with zero attached hydrogens (tertiary/aromatic N) is 4. The van der Waals surface area contributed by atoms with Gasteiger partial charge in [-0.3, -0.25) is 0 Å². The second kappa shape index (κ2) is 6.09. The molecule has 1 N–H and O–H groups in total. The molecule has 1 fully saturated rings. The van der Waals surface area contributed by atoms with Gasteiger partial charge < -0.3 is 10.2 Å². The van der Waals surface area contributed by atoms with Crippen molar-refractivity contribution in [3.05, 3.63) is 11.4 Å². The predicted molar refractivity (Wildman–Crippen MR) is 72.9 cm³/mol. The van der Waals surface area contributed by atoms with Crippen molar-refractivity contribution in [2.75, 3.05) is 25.0 Å². The van der Waals surface area contributed by atoms with Crippen LogP contribution in [0.3, 0.4) is 0 Å². The van der Waals surface area contributed by atoms with Crippen LogP contribution < -0.4 is 10.2 Å². The molecule has 100 valence electrons. The van der Waals surface area contributed by atoms with Crippen molar-refractivity contribution in [1.29, 1.82) is 0 Å². The highest BCUT2D eigenvalue weighted by Crippen LogP contribution is 2.16. The zero-order valence-corrected chi connectivity index (χ0v) is 11.6. The Bertz CT molecular complexity index is 393. The van der Waals surface area contributed by atoms with Crippen LogP contribution in [0.2, 0.25) is 0 Å². The van der Waals surface area contributed by atoms with Gasteiger partial charge in [0.15, 0.2) is 0 Å². The Kier molecular flexibility index (Phi) is 4.47. The van der Waals surface area contributed by atoms with Gasteiger partial charge in [-0.15, -0.1) is 5.10 Å². The summed E-state index contributed by atoms with van der Waals surface area (Å²) in [5, 5.41) is 11.9. The third-order valence-corrected chi connectivity index (χ3v) is 3.61. The molecule has 0 saturated carbocycles. The third-order valence-electron chi connectivity index (χ3n) is 3.61. The molecule has 1 aliphatic rings. The lowest BCUT2D eigenvalue weighted by Gasteiger charge is -2.32. The summed E-state index contributed by atoms with van der Waals surface area (Å²) in [7, 11) is 2.02. The van der Waals surface area contributed by atoms with Gasteiger partial charge >= 0.3 is 0 Å². The van der Waals surface area contributed by atoms with E-state index in [1.807, 2.05) is 7.05 Å². The van der Waals surface area contributed by atoms with E-state index in [9.17, 15) is 0 Å². The molecule has 0 spiro atoms. The number of rotatable bonds is 4. The fraction of sp³-hybridized carbons (Fsp3) is 0.769. The van der Waals surface area contributed by atoms with E-state index in [0.717, 1.165) is 43.3 Å². The van der Waals surface area contributed by atoms with Crippen LogP contribution in [-0.2, 0) is 12.8 Å². The van der Waals surface area contributed by atoms with Crippen molar-refractivity contribution >= 4 is 5.95 Å². The number of hydrogen-bond donors (Lipinski definition) is 1. The van der Waals surface area contributed by atoms with E-state index >= 15 is 0 Å². The van der Waals surface area contributed by atoms with Crippen LogP contribution in [0.5, 0.6) is 0 Å². The monoisotopic (exact) mass is 249 g/mol. The van der Waals surface area contributed by atoms with E-state index in [1.54, 1.807) is 0 Å². The molecule has 0 radical (unpaired) electrons. The van der Waals surface area contributed by atoms with Crippen LogP contribution in [0.15, 0.2) is 0 Å². The van der Waals surface area contributed by atoms with Gasteiger partial charge in [0.1, 0.15) is 0 Å². The molecule has 1 saturated heterocycles. The largest absolute Gasteiger partial charge is 0.338 e. The van der Waals surface area contributed by atoms with Crippen molar-refractivity contribution in [3.8, 4) is 0 Å². The highest BCUT2D eigenvalue weighted by Gasteiger charge is 2.21. The molecular formula is C13H23N5. The lowest BCUT2D eigenvalue weighted by atomic mass is 10.1. The van der Waals surface area contributed by atoms with E-state index in [1.165, 1.54) is 12.8 Å².